The zero-order valence-electron chi connectivity index (χ0n) is 8.51. The summed E-state index contributed by atoms with van der Waals surface area (Å²) in [5.41, 5.74) is 0. The molecule has 1 atom stereocenters. The van der Waals surface area contributed by atoms with Crippen molar-refractivity contribution in [3.05, 3.63) is 5.82 Å². The Hall–Kier alpha value is -1.29. The van der Waals surface area contributed by atoms with Crippen LogP contribution in [0.3, 0.4) is 0 Å². The van der Waals surface area contributed by atoms with Gasteiger partial charge in [0.1, 0.15) is 0 Å². The number of hydrogen-bond donors (Lipinski definition) is 1. The van der Waals surface area contributed by atoms with Crippen LogP contribution >= 0.6 is 11.5 Å². The minimum atomic E-state index is -4.50. The van der Waals surface area contributed by atoms with Crippen molar-refractivity contribution < 1.29 is 13.2 Å². The molecule has 1 aromatic heterocycles. The van der Waals surface area contributed by atoms with Crippen molar-refractivity contribution in [3.8, 4) is 12.3 Å². The van der Waals surface area contributed by atoms with E-state index in [1.165, 1.54) is 0 Å². The predicted octanol–water partition coefficient (Wildman–Crippen LogP) is 2.77. The molecule has 3 nitrogen and oxygen atoms in total. The largest absolute Gasteiger partial charge is 0.452 e. The van der Waals surface area contributed by atoms with Crippen LogP contribution in [0.2, 0.25) is 0 Å². The van der Waals surface area contributed by atoms with E-state index in [1.54, 1.807) is 0 Å². The fourth-order valence-corrected chi connectivity index (χ4v) is 1.68. The second kappa shape index (κ2) is 5.16. The number of terminal acetylenes is 1. The van der Waals surface area contributed by atoms with Crippen molar-refractivity contribution in [1.82, 2.24) is 9.36 Å². The summed E-state index contributed by atoms with van der Waals surface area (Å²) in [4.78, 5) is 3.35. The quantitative estimate of drug-likeness (QED) is 0.834. The van der Waals surface area contributed by atoms with E-state index >= 15 is 0 Å². The first kappa shape index (κ1) is 12.8. The molecule has 16 heavy (non-hydrogen) atoms. The van der Waals surface area contributed by atoms with E-state index in [-0.39, 0.29) is 11.2 Å². The van der Waals surface area contributed by atoms with E-state index in [9.17, 15) is 13.2 Å². The van der Waals surface area contributed by atoms with E-state index < -0.39 is 12.0 Å². The lowest BCUT2D eigenvalue weighted by atomic mass is 10.2. The molecular weight excluding hydrogens is 239 g/mol. The molecule has 0 aliphatic rings. The summed E-state index contributed by atoms with van der Waals surface area (Å²) >= 11 is 0.685. The number of rotatable bonds is 4. The Morgan fingerprint density at radius 1 is 1.56 bits per heavy atom. The highest BCUT2D eigenvalue weighted by Crippen LogP contribution is 2.29. The standard InChI is InChI=1S/C9H10F3N3S/c1-3-5-6(4-2)13-8-14-7(15-16-8)9(10,11)12/h1,6H,4-5H2,2H3,(H,13,14,15). The van der Waals surface area contributed by atoms with E-state index in [0.717, 1.165) is 0 Å². The third kappa shape index (κ3) is 3.38. The number of hydrogen-bond acceptors (Lipinski definition) is 4. The van der Waals surface area contributed by atoms with Crippen molar-refractivity contribution in [1.29, 1.82) is 0 Å². The molecule has 1 heterocycles. The molecule has 0 saturated carbocycles. The Labute approximate surface area is 95.3 Å². The molecule has 1 unspecified atom stereocenters. The van der Waals surface area contributed by atoms with Crippen LogP contribution in [0.15, 0.2) is 0 Å². The Kier molecular flexibility index (Phi) is 4.12. The molecule has 0 aromatic carbocycles. The monoisotopic (exact) mass is 249 g/mol. The van der Waals surface area contributed by atoms with E-state index in [2.05, 4.69) is 20.6 Å². The van der Waals surface area contributed by atoms with Gasteiger partial charge in [-0.1, -0.05) is 6.92 Å². The number of nitrogens with zero attached hydrogens (tertiary/aromatic N) is 2. The van der Waals surface area contributed by atoms with Gasteiger partial charge in [0.25, 0.3) is 0 Å². The minimum Gasteiger partial charge on any atom is -0.357 e. The van der Waals surface area contributed by atoms with Crippen LogP contribution < -0.4 is 5.32 Å². The first-order valence-electron chi connectivity index (χ1n) is 4.58. The number of halogens is 3. The van der Waals surface area contributed by atoms with Gasteiger partial charge in [0.2, 0.25) is 11.0 Å². The molecule has 0 spiro atoms. The summed E-state index contributed by atoms with van der Waals surface area (Å²) in [5, 5.41) is 2.97. The van der Waals surface area contributed by atoms with Gasteiger partial charge in [0.05, 0.1) is 0 Å². The number of aromatic nitrogens is 2. The molecule has 7 heteroatoms. The first-order chi connectivity index (χ1) is 7.47. The average Bonchev–Trinajstić information content (AvgIpc) is 2.65. The van der Waals surface area contributed by atoms with Gasteiger partial charge in [-0.15, -0.1) is 12.3 Å². The second-order valence-electron chi connectivity index (χ2n) is 3.08. The van der Waals surface area contributed by atoms with Gasteiger partial charge in [-0.05, 0) is 6.42 Å². The third-order valence-electron chi connectivity index (χ3n) is 1.86. The van der Waals surface area contributed by atoms with Crippen molar-refractivity contribution >= 4 is 16.7 Å². The molecule has 1 aromatic rings. The summed E-state index contributed by atoms with van der Waals surface area (Å²) < 4.78 is 39.8. The predicted molar refractivity (Wildman–Crippen MR) is 56.1 cm³/mol. The Balaban J connectivity index is 2.69. The lowest BCUT2D eigenvalue weighted by Gasteiger charge is -2.11. The fourth-order valence-electron chi connectivity index (χ4n) is 1.01. The zero-order chi connectivity index (χ0) is 12.2. The van der Waals surface area contributed by atoms with Gasteiger partial charge in [0, 0.05) is 24.0 Å². The zero-order valence-corrected chi connectivity index (χ0v) is 9.32. The molecule has 0 aliphatic carbocycles. The molecule has 0 amide bonds. The van der Waals surface area contributed by atoms with Crippen LogP contribution in [0, 0.1) is 12.3 Å². The summed E-state index contributed by atoms with van der Waals surface area (Å²) in [6, 6.07) is -0.0703. The van der Waals surface area contributed by atoms with E-state index in [1.807, 2.05) is 6.92 Å². The maximum Gasteiger partial charge on any atom is 0.452 e. The maximum absolute atomic E-state index is 12.2. The van der Waals surface area contributed by atoms with Crippen molar-refractivity contribution in [2.45, 2.75) is 32.0 Å². The highest BCUT2D eigenvalue weighted by molar-refractivity contribution is 7.09. The highest BCUT2D eigenvalue weighted by atomic mass is 32.1. The number of alkyl halides is 3. The van der Waals surface area contributed by atoms with Crippen molar-refractivity contribution in [2.75, 3.05) is 5.32 Å². The topological polar surface area (TPSA) is 37.8 Å². The molecule has 0 bridgehead atoms. The third-order valence-corrected chi connectivity index (χ3v) is 2.51. The lowest BCUT2D eigenvalue weighted by Crippen LogP contribution is -2.17. The molecule has 0 aliphatic heterocycles. The number of nitrogens with one attached hydrogen (secondary N) is 1. The first-order valence-corrected chi connectivity index (χ1v) is 5.35. The van der Waals surface area contributed by atoms with Gasteiger partial charge < -0.3 is 5.32 Å². The molecule has 1 rings (SSSR count). The molecule has 0 saturated heterocycles. The van der Waals surface area contributed by atoms with E-state index in [4.69, 9.17) is 6.42 Å². The Bertz CT molecular complexity index is 380. The van der Waals surface area contributed by atoms with Crippen LogP contribution in [0.5, 0.6) is 0 Å². The fraction of sp³-hybridized carbons (Fsp3) is 0.556. The second-order valence-corrected chi connectivity index (χ2v) is 3.83. The van der Waals surface area contributed by atoms with Crippen molar-refractivity contribution in [2.24, 2.45) is 0 Å². The summed E-state index contributed by atoms with van der Waals surface area (Å²) in [6.07, 6.45) is 1.79. The Morgan fingerprint density at radius 2 is 2.25 bits per heavy atom. The highest BCUT2D eigenvalue weighted by Gasteiger charge is 2.36. The van der Waals surface area contributed by atoms with Crippen LogP contribution in [0.4, 0.5) is 18.3 Å². The maximum atomic E-state index is 12.2. The van der Waals surface area contributed by atoms with Gasteiger partial charge in [-0.3, -0.25) is 0 Å². The number of anilines is 1. The van der Waals surface area contributed by atoms with Crippen LogP contribution in [0.25, 0.3) is 0 Å². The van der Waals surface area contributed by atoms with Crippen LogP contribution in [-0.4, -0.2) is 15.4 Å². The molecule has 88 valence electrons. The SMILES string of the molecule is C#CCC(CC)Nc1nc(C(F)(F)F)ns1. The van der Waals surface area contributed by atoms with Crippen LogP contribution in [-0.2, 0) is 6.18 Å². The lowest BCUT2D eigenvalue weighted by molar-refractivity contribution is -0.144. The molecule has 1 N–H and O–H groups in total. The molecular formula is C9H10F3N3S. The van der Waals surface area contributed by atoms with E-state index in [0.29, 0.717) is 24.4 Å². The summed E-state index contributed by atoms with van der Waals surface area (Å²) in [6.45, 7) is 1.89. The van der Waals surface area contributed by atoms with Crippen LogP contribution in [0.1, 0.15) is 25.6 Å². The van der Waals surface area contributed by atoms with Gasteiger partial charge in [0.15, 0.2) is 0 Å². The average molecular weight is 249 g/mol. The smallest absolute Gasteiger partial charge is 0.357 e. The van der Waals surface area contributed by atoms with Gasteiger partial charge in [-0.25, -0.2) is 0 Å². The molecule has 0 fully saturated rings. The van der Waals surface area contributed by atoms with Crippen molar-refractivity contribution in [3.63, 3.8) is 0 Å². The summed E-state index contributed by atoms with van der Waals surface area (Å²) in [5.74, 6) is 1.33. The van der Waals surface area contributed by atoms with Gasteiger partial charge in [-0.2, -0.15) is 22.5 Å². The summed E-state index contributed by atoms with van der Waals surface area (Å²) in [7, 11) is 0. The van der Waals surface area contributed by atoms with Gasteiger partial charge >= 0.3 is 6.18 Å². The Morgan fingerprint density at radius 3 is 2.69 bits per heavy atom. The molecule has 0 radical (unpaired) electrons. The minimum absolute atomic E-state index is 0.0703. The normalized spacial score (nSPS) is 13.2.